The van der Waals surface area contributed by atoms with Gasteiger partial charge in [-0.1, -0.05) is 17.6 Å². The highest BCUT2D eigenvalue weighted by Crippen LogP contribution is 2.33. The Labute approximate surface area is 137 Å². The molecule has 0 unspecified atom stereocenters. The number of rotatable bonds is 2. The number of H-pyrrole nitrogens is 1. The van der Waals surface area contributed by atoms with Crippen LogP contribution in [-0.2, 0) is 12.8 Å². The Morgan fingerprint density at radius 3 is 2.87 bits per heavy atom. The van der Waals surface area contributed by atoms with Crippen LogP contribution in [0.4, 0.5) is 5.95 Å². The average Bonchev–Trinajstić information content (AvgIpc) is 3.11. The molecule has 23 heavy (non-hydrogen) atoms. The zero-order valence-electron chi connectivity index (χ0n) is 12.6. The van der Waals surface area contributed by atoms with Gasteiger partial charge in [0.2, 0.25) is 5.95 Å². The maximum absolute atomic E-state index is 11.9. The van der Waals surface area contributed by atoms with Crippen LogP contribution in [0.5, 0.6) is 0 Å². The molecule has 1 fully saturated rings. The van der Waals surface area contributed by atoms with Crippen LogP contribution < -0.4 is 10.5 Å². The second kappa shape index (κ2) is 4.89. The predicted molar refractivity (Wildman–Crippen MR) is 92.3 cm³/mol. The molecule has 1 saturated heterocycles. The van der Waals surface area contributed by atoms with E-state index in [2.05, 4.69) is 15.3 Å². The molecule has 6 heteroatoms. The molecule has 0 atom stereocenters. The van der Waals surface area contributed by atoms with Crippen molar-refractivity contribution in [2.45, 2.75) is 25.7 Å². The van der Waals surface area contributed by atoms with Gasteiger partial charge in [0.05, 0.1) is 15.8 Å². The second-order valence-corrected chi connectivity index (χ2v) is 7.08. The average molecular weight is 324 g/mol. The fourth-order valence-electron chi connectivity index (χ4n) is 3.42. The highest BCUT2D eigenvalue weighted by Gasteiger charge is 2.24. The second-order valence-electron chi connectivity index (χ2n) is 6.24. The van der Waals surface area contributed by atoms with Gasteiger partial charge >= 0.3 is 0 Å². The third-order valence-corrected chi connectivity index (χ3v) is 5.67. The van der Waals surface area contributed by atoms with E-state index in [4.69, 9.17) is 9.97 Å². The molecular formula is C17H16N4OS. The van der Waals surface area contributed by atoms with Crippen molar-refractivity contribution in [2.75, 3.05) is 18.0 Å². The molecule has 5 nitrogen and oxygen atoms in total. The smallest absolute Gasteiger partial charge is 0.265 e. The van der Waals surface area contributed by atoms with Crippen LogP contribution in [0.2, 0.25) is 0 Å². The Hall–Kier alpha value is -2.21. The van der Waals surface area contributed by atoms with Gasteiger partial charge in [-0.25, -0.2) is 9.97 Å². The van der Waals surface area contributed by atoms with Crippen molar-refractivity contribution in [3.8, 4) is 11.3 Å². The van der Waals surface area contributed by atoms with Gasteiger partial charge in [-0.15, -0.1) is 0 Å². The van der Waals surface area contributed by atoms with Crippen molar-refractivity contribution in [1.82, 2.24) is 14.3 Å². The number of nitrogens with zero attached hydrogens (tertiary/aromatic N) is 3. The third-order valence-electron chi connectivity index (χ3n) is 4.81. The number of aromatic amines is 1. The lowest BCUT2D eigenvalue weighted by atomic mass is 10.0. The Bertz CT molecular complexity index is 970. The van der Waals surface area contributed by atoms with Crippen molar-refractivity contribution < 1.29 is 0 Å². The van der Waals surface area contributed by atoms with Gasteiger partial charge in [0.25, 0.3) is 5.56 Å². The van der Waals surface area contributed by atoms with Crippen LogP contribution in [0.3, 0.4) is 0 Å². The number of fused-ring (bicyclic) bond motifs is 2. The first-order valence-electron chi connectivity index (χ1n) is 8.06. The van der Waals surface area contributed by atoms with E-state index < -0.39 is 0 Å². The van der Waals surface area contributed by atoms with Crippen LogP contribution in [0.15, 0.2) is 23.0 Å². The molecule has 0 saturated carbocycles. The van der Waals surface area contributed by atoms with E-state index in [1.54, 1.807) is 0 Å². The number of hydrogen-bond donors (Lipinski definition) is 1. The van der Waals surface area contributed by atoms with Crippen LogP contribution in [0.25, 0.3) is 21.3 Å². The van der Waals surface area contributed by atoms with Crippen molar-refractivity contribution in [2.24, 2.45) is 0 Å². The van der Waals surface area contributed by atoms with E-state index in [1.165, 1.54) is 29.2 Å². The van der Waals surface area contributed by atoms with Crippen molar-refractivity contribution in [3.05, 3.63) is 39.8 Å². The maximum Gasteiger partial charge on any atom is 0.265 e. The third kappa shape index (κ3) is 2.01. The van der Waals surface area contributed by atoms with E-state index in [0.717, 1.165) is 59.6 Å². The summed E-state index contributed by atoms with van der Waals surface area (Å²) in [5.74, 6) is 0.853. The van der Waals surface area contributed by atoms with Gasteiger partial charge in [0.1, 0.15) is 0 Å². The first-order valence-corrected chi connectivity index (χ1v) is 8.87. The molecule has 1 aliphatic carbocycles. The Balaban J connectivity index is 1.72. The Kier molecular flexibility index (Phi) is 2.82. The van der Waals surface area contributed by atoms with Gasteiger partial charge in [-0.3, -0.25) is 9.17 Å². The highest BCUT2D eigenvalue weighted by atomic mass is 32.1. The van der Waals surface area contributed by atoms with Crippen molar-refractivity contribution in [1.29, 1.82) is 0 Å². The summed E-state index contributed by atoms with van der Waals surface area (Å²) < 4.78 is 3.79. The van der Waals surface area contributed by atoms with Crippen LogP contribution in [0.1, 0.15) is 24.1 Å². The minimum atomic E-state index is -0.0134. The minimum absolute atomic E-state index is 0.0134. The number of nitrogens with one attached hydrogen (secondary N) is 1. The van der Waals surface area contributed by atoms with E-state index in [-0.39, 0.29) is 5.56 Å². The minimum Gasteiger partial charge on any atom is -0.341 e. The van der Waals surface area contributed by atoms with E-state index >= 15 is 0 Å². The zero-order valence-corrected chi connectivity index (χ0v) is 13.4. The molecule has 1 N–H and O–H groups in total. The van der Waals surface area contributed by atoms with Crippen LogP contribution in [0, 0.1) is 0 Å². The summed E-state index contributed by atoms with van der Waals surface area (Å²) in [6.07, 6.45) is 4.42. The highest BCUT2D eigenvalue weighted by molar-refractivity contribution is 7.13. The lowest BCUT2D eigenvalue weighted by molar-refractivity contribution is 0.599. The molecule has 116 valence electrons. The molecule has 3 heterocycles. The van der Waals surface area contributed by atoms with Gasteiger partial charge < -0.3 is 4.90 Å². The molecule has 0 bridgehead atoms. The van der Waals surface area contributed by atoms with Crippen LogP contribution >= 0.6 is 11.5 Å². The fourth-order valence-corrected chi connectivity index (χ4v) is 4.13. The topological polar surface area (TPSA) is 61.9 Å². The molecule has 5 rings (SSSR count). The number of aryl methyl sites for hydroxylation is 1. The quantitative estimate of drug-likeness (QED) is 0.787. The number of anilines is 1. The van der Waals surface area contributed by atoms with Crippen LogP contribution in [-0.4, -0.2) is 27.4 Å². The molecule has 2 aliphatic rings. The SMILES string of the molecule is O=c1[nH]sc2ccc(-c3nc(N4CCC4)nc4c3CCC4)cc12. The summed E-state index contributed by atoms with van der Waals surface area (Å²) in [4.78, 5) is 23.8. The molecule has 0 radical (unpaired) electrons. The normalized spacial score (nSPS) is 16.6. The maximum atomic E-state index is 11.9. The Morgan fingerprint density at radius 2 is 2.04 bits per heavy atom. The van der Waals surface area contributed by atoms with E-state index in [0.29, 0.717) is 0 Å². The van der Waals surface area contributed by atoms with Gasteiger partial charge in [0.15, 0.2) is 0 Å². The summed E-state index contributed by atoms with van der Waals surface area (Å²) in [5.41, 5.74) is 4.49. The fraction of sp³-hybridized carbons (Fsp3) is 0.353. The summed E-state index contributed by atoms with van der Waals surface area (Å²) in [7, 11) is 0. The monoisotopic (exact) mass is 324 g/mol. The summed E-state index contributed by atoms with van der Waals surface area (Å²) in [5, 5.41) is 0.753. The first kappa shape index (κ1) is 13.2. The summed E-state index contributed by atoms with van der Waals surface area (Å²) in [6.45, 7) is 2.09. The van der Waals surface area contributed by atoms with Crippen molar-refractivity contribution in [3.63, 3.8) is 0 Å². The first-order chi connectivity index (χ1) is 11.3. The molecule has 1 aliphatic heterocycles. The number of hydrogen-bond acceptors (Lipinski definition) is 5. The Morgan fingerprint density at radius 1 is 1.13 bits per heavy atom. The molecule has 1 aromatic carbocycles. The molecule has 0 amide bonds. The zero-order chi connectivity index (χ0) is 15.4. The molecule has 0 spiro atoms. The summed E-state index contributed by atoms with van der Waals surface area (Å²) >= 11 is 1.39. The largest absolute Gasteiger partial charge is 0.341 e. The molecule has 2 aromatic heterocycles. The lowest BCUT2D eigenvalue weighted by Crippen LogP contribution is -2.38. The van der Waals surface area contributed by atoms with Gasteiger partial charge in [0, 0.05) is 29.9 Å². The van der Waals surface area contributed by atoms with Gasteiger partial charge in [-0.2, -0.15) is 0 Å². The number of benzene rings is 1. The lowest BCUT2D eigenvalue weighted by Gasteiger charge is -2.31. The van der Waals surface area contributed by atoms with Gasteiger partial charge in [-0.05, 0) is 37.8 Å². The summed E-state index contributed by atoms with van der Waals surface area (Å²) in [6, 6.07) is 6.07. The predicted octanol–water partition coefficient (Wildman–Crippen LogP) is 2.75. The number of aromatic nitrogens is 3. The molecule has 3 aromatic rings. The van der Waals surface area contributed by atoms with Crippen molar-refractivity contribution >= 4 is 27.6 Å². The van der Waals surface area contributed by atoms with E-state index in [1.807, 2.05) is 12.1 Å². The standard InChI is InChI=1S/C17H16N4OS/c22-16-12-9-10(5-6-14(12)23-20-16)15-11-3-1-4-13(11)18-17(19-15)21-7-2-8-21/h5-6,9H,1-4,7-8H2,(H,20,22). The van der Waals surface area contributed by atoms with E-state index in [9.17, 15) is 4.79 Å². The molecular weight excluding hydrogens is 308 g/mol.